The van der Waals surface area contributed by atoms with Crippen LogP contribution >= 0.6 is 0 Å². The van der Waals surface area contributed by atoms with E-state index in [-0.39, 0.29) is 29.6 Å². The molecule has 0 aliphatic carbocycles. The first kappa shape index (κ1) is 14.5. The first-order valence-corrected chi connectivity index (χ1v) is 7.12. The average Bonchev–Trinajstić information content (AvgIpc) is 3.22. The number of amides is 1. The number of aromatic nitrogens is 3. The van der Waals surface area contributed by atoms with Crippen LogP contribution in [0.1, 0.15) is 21.9 Å². The molecule has 0 N–H and O–H groups in total. The lowest BCUT2D eigenvalue weighted by Gasteiger charge is -2.24. The van der Waals surface area contributed by atoms with Crippen molar-refractivity contribution in [3.8, 4) is 11.5 Å². The molecule has 7 nitrogen and oxygen atoms in total. The number of fused-ring (bicyclic) bond motifs is 1. The summed E-state index contributed by atoms with van der Waals surface area (Å²) in [6.45, 7) is 0.618. The Kier molecular flexibility index (Phi) is 3.33. The van der Waals surface area contributed by atoms with Crippen LogP contribution in [0.2, 0.25) is 0 Å². The molecule has 9 heteroatoms. The molecule has 3 heterocycles. The van der Waals surface area contributed by atoms with Gasteiger partial charge < -0.3 is 9.32 Å². The normalized spacial score (nSPS) is 13.8. The fraction of sp³-hybridized carbons (Fsp3) is 0.200. The number of hydrogen-bond acceptors (Lipinski definition) is 6. The average molecular weight is 332 g/mol. The largest absolute Gasteiger partial charge is 0.441 e. The number of carbonyl (C=O) groups excluding carboxylic acids is 1. The molecule has 0 unspecified atom stereocenters. The Morgan fingerprint density at radius 2 is 2.00 bits per heavy atom. The molecule has 0 spiro atoms. The van der Waals surface area contributed by atoms with E-state index in [1.807, 2.05) is 0 Å². The zero-order chi connectivity index (χ0) is 16.7. The standard InChI is InChI=1S/C15H10F2N4O3/c16-9-3-8(4-10(17)5-9)14-19-12-7-21(2-1-13(12)23-14)15(22)11-6-18-24-20-11/h3-6H,1-2,7H2. The van der Waals surface area contributed by atoms with Crippen molar-refractivity contribution in [2.45, 2.75) is 13.0 Å². The summed E-state index contributed by atoms with van der Waals surface area (Å²) in [6, 6.07) is 3.06. The number of carbonyl (C=O) groups is 1. The van der Waals surface area contributed by atoms with E-state index < -0.39 is 11.6 Å². The van der Waals surface area contributed by atoms with Crippen molar-refractivity contribution in [3.63, 3.8) is 0 Å². The van der Waals surface area contributed by atoms with Crippen LogP contribution in [0.4, 0.5) is 8.78 Å². The summed E-state index contributed by atoms with van der Waals surface area (Å²) in [4.78, 5) is 18.0. The molecule has 3 aromatic rings. The quantitative estimate of drug-likeness (QED) is 0.715. The maximum atomic E-state index is 13.3. The maximum absolute atomic E-state index is 13.3. The van der Waals surface area contributed by atoms with Crippen molar-refractivity contribution in [3.05, 3.63) is 53.2 Å². The third-order valence-electron chi connectivity index (χ3n) is 3.70. The summed E-state index contributed by atoms with van der Waals surface area (Å²) in [7, 11) is 0. The molecule has 122 valence electrons. The van der Waals surface area contributed by atoms with Gasteiger partial charge in [0.05, 0.1) is 6.54 Å². The monoisotopic (exact) mass is 332 g/mol. The molecule has 2 aromatic heterocycles. The van der Waals surface area contributed by atoms with E-state index in [4.69, 9.17) is 4.42 Å². The van der Waals surface area contributed by atoms with Crippen LogP contribution in [-0.4, -0.2) is 32.6 Å². The van der Waals surface area contributed by atoms with Crippen molar-refractivity contribution in [1.29, 1.82) is 0 Å². The van der Waals surface area contributed by atoms with Crippen LogP contribution in [0, 0.1) is 11.6 Å². The van der Waals surface area contributed by atoms with Crippen LogP contribution in [-0.2, 0) is 13.0 Å². The van der Waals surface area contributed by atoms with Gasteiger partial charge in [-0.25, -0.2) is 18.4 Å². The summed E-state index contributed by atoms with van der Waals surface area (Å²) < 4.78 is 36.7. The third-order valence-corrected chi connectivity index (χ3v) is 3.70. The zero-order valence-corrected chi connectivity index (χ0v) is 12.2. The van der Waals surface area contributed by atoms with Gasteiger partial charge >= 0.3 is 0 Å². The van der Waals surface area contributed by atoms with E-state index in [2.05, 4.69) is 19.9 Å². The second-order valence-corrected chi connectivity index (χ2v) is 5.32. The van der Waals surface area contributed by atoms with E-state index in [1.165, 1.54) is 11.1 Å². The SMILES string of the molecule is O=C(c1cnon1)N1CCc2oc(-c3cc(F)cc(F)c3)nc2C1. The minimum atomic E-state index is -0.712. The van der Waals surface area contributed by atoms with Gasteiger partial charge in [0.1, 0.15) is 29.3 Å². The fourth-order valence-electron chi connectivity index (χ4n) is 2.59. The number of nitrogens with zero attached hydrogens (tertiary/aromatic N) is 4. The highest BCUT2D eigenvalue weighted by Gasteiger charge is 2.28. The highest BCUT2D eigenvalue weighted by Crippen LogP contribution is 2.27. The summed E-state index contributed by atoms with van der Waals surface area (Å²) in [5.41, 5.74) is 0.862. The Bertz CT molecular complexity index is 887. The Labute approximate surface area is 133 Å². The van der Waals surface area contributed by atoms with Gasteiger partial charge in [-0.05, 0) is 17.3 Å². The van der Waals surface area contributed by atoms with Gasteiger partial charge in [0.2, 0.25) is 5.89 Å². The summed E-state index contributed by atoms with van der Waals surface area (Å²) in [5.74, 6) is -1.04. The number of halogens is 2. The maximum Gasteiger partial charge on any atom is 0.278 e. The van der Waals surface area contributed by atoms with Crippen LogP contribution in [0.5, 0.6) is 0 Å². The molecule has 1 aliphatic heterocycles. The van der Waals surface area contributed by atoms with E-state index in [0.717, 1.165) is 18.2 Å². The molecule has 0 fully saturated rings. The molecule has 24 heavy (non-hydrogen) atoms. The van der Waals surface area contributed by atoms with E-state index in [1.54, 1.807) is 0 Å². The van der Waals surface area contributed by atoms with Crippen LogP contribution in [0.25, 0.3) is 11.5 Å². The predicted octanol–water partition coefficient (Wildman–Crippen LogP) is 2.20. The smallest absolute Gasteiger partial charge is 0.278 e. The van der Waals surface area contributed by atoms with Crippen LogP contribution < -0.4 is 0 Å². The topological polar surface area (TPSA) is 85.3 Å². The molecule has 0 atom stereocenters. The first-order valence-electron chi connectivity index (χ1n) is 7.12. The Morgan fingerprint density at radius 1 is 1.21 bits per heavy atom. The Balaban J connectivity index is 1.61. The number of benzene rings is 1. The molecule has 0 saturated carbocycles. The molecule has 1 aliphatic rings. The highest BCUT2D eigenvalue weighted by atomic mass is 19.1. The van der Waals surface area contributed by atoms with Gasteiger partial charge in [-0.3, -0.25) is 4.79 Å². The minimum absolute atomic E-state index is 0.106. The van der Waals surface area contributed by atoms with Gasteiger partial charge in [0.15, 0.2) is 5.69 Å². The van der Waals surface area contributed by atoms with Crippen molar-refractivity contribution in [2.24, 2.45) is 0 Å². The predicted molar refractivity (Wildman–Crippen MR) is 74.6 cm³/mol. The minimum Gasteiger partial charge on any atom is -0.441 e. The van der Waals surface area contributed by atoms with Gasteiger partial charge in [0, 0.05) is 24.6 Å². The lowest BCUT2D eigenvalue weighted by molar-refractivity contribution is 0.0716. The summed E-state index contributed by atoms with van der Waals surface area (Å²) in [5, 5.41) is 6.92. The van der Waals surface area contributed by atoms with Crippen molar-refractivity contribution >= 4 is 5.91 Å². The molecule has 0 bridgehead atoms. The molecule has 1 aromatic carbocycles. The number of rotatable bonds is 2. The van der Waals surface area contributed by atoms with Gasteiger partial charge in [-0.2, -0.15) is 0 Å². The van der Waals surface area contributed by atoms with Crippen LogP contribution in [0.15, 0.2) is 33.4 Å². The molecule has 0 saturated heterocycles. The summed E-state index contributed by atoms with van der Waals surface area (Å²) in [6.07, 6.45) is 1.68. The van der Waals surface area contributed by atoms with Crippen LogP contribution in [0.3, 0.4) is 0 Å². The molecule has 0 radical (unpaired) electrons. The van der Waals surface area contributed by atoms with Gasteiger partial charge in [-0.1, -0.05) is 5.16 Å². The van der Waals surface area contributed by atoms with E-state index >= 15 is 0 Å². The molecular formula is C15H10F2N4O3. The van der Waals surface area contributed by atoms with E-state index in [0.29, 0.717) is 24.4 Å². The first-order chi connectivity index (χ1) is 11.6. The van der Waals surface area contributed by atoms with Crippen molar-refractivity contribution in [2.75, 3.05) is 6.54 Å². The molecule has 4 rings (SSSR count). The van der Waals surface area contributed by atoms with Gasteiger partial charge in [-0.15, -0.1) is 0 Å². The summed E-state index contributed by atoms with van der Waals surface area (Å²) >= 11 is 0. The second kappa shape index (κ2) is 5.52. The van der Waals surface area contributed by atoms with Gasteiger partial charge in [0.25, 0.3) is 5.91 Å². The second-order valence-electron chi connectivity index (χ2n) is 5.32. The Hall–Kier alpha value is -3.10. The molecule has 1 amide bonds. The van der Waals surface area contributed by atoms with Crippen molar-refractivity contribution < 1.29 is 22.6 Å². The zero-order valence-electron chi connectivity index (χ0n) is 12.2. The Morgan fingerprint density at radius 3 is 2.71 bits per heavy atom. The number of oxazole rings is 1. The lowest BCUT2D eigenvalue weighted by Crippen LogP contribution is -2.36. The fourth-order valence-corrected chi connectivity index (χ4v) is 2.59. The third kappa shape index (κ3) is 2.53. The van der Waals surface area contributed by atoms with Crippen molar-refractivity contribution in [1.82, 2.24) is 20.2 Å². The highest BCUT2D eigenvalue weighted by molar-refractivity contribution is 5.91. The lowest BCUT2D eigenvalue weighted by atomic mass is 10.1. The van der Waals surface area contributed by atoms with E-state index in [9.17, 15) is 13.6 Å². The number of hydrogen-bond donors (Lipinski definition) is 0. The molecular weight excluding hydrogens is 322 g/mol.